The molecule has 0 bridgehead atoms. The molecule has 1 atom stereocenters. The van der Waals surface area contributed by atoms with Crippen LogP contribution in [-0.4, -0.2) is 30.6 Å². The van der Waals surface area contributed by atoms with Crippen LogP contribution in [-0.2, 0) is 6.54 Å². The maximum Gasteiger partial charge on any atom is 0.163 e. The van der Waals surface area contributed by atoms with Crippen LogP contribution >= 0.6 is 0 Å². The lowest BCUT2D eigenvalue weighted by Gasteiger charge is -2.29. The Morgan fingerprint density at radius 2 is 1.95 bits per heavy atom. The largest absolute Gasteiger partial charge is 0.309 e. The summed E-state index contributed by atoms with van der Waals surface area (Å²) in [7, 11) is 0. The molecule has 0 aromatic heterocycles. The van der Waals surface area contributed by atoms with Gasteiger partial charge >= 0.3 is 0 Å². The molecular weight excluding hydrogens is 246 g/mol. The number of benzene rings is 1. The summed E-state index contributed by atoms with van der Waals surface area (Å²) < 4.78 is 26.6. The Kier molecular flexibility index (Phi) is 5.28. The smallest absolute Gasteiger partial charge is 0.163 e. The molecule has 1 aromatic rings. The number of likely N-dealkylation sites (tertiary alicyclic amines) is 1. The molecule has 0 spiro atoms. The van der Waals surface area contributed by atoms with Crippen molar-refractivity contribution < 1.29 is 8.78 Å². The summed E-state index contributed by atoms with van der Waals surface area (Å²) >= 11 is 0. The minimum absolute atomic E-state index is 0.278. The molecule has 106 valence electrons. The number of halogens is 2. The SMILES string of the molecule is CC(CN1CCCCC1)NCc1cccc(F)c1F. The molecule has 1 aromatic carbocycles. The summed E-state index contributed by atoms with van der Waals surface area (Å²) in [5.74, 6) is -1.51. The van der Waals surface area contributed by atoms with E-state index in [0.29, 0.717) is 12.1 Å². The molecule has 1 saturated heterocycles. The number of rotatable bonds is 5. The second-order valence-electron chi connectivity index (χ2n) is 5.36. The Balaban J connectivity index is 1.79. The van der Waals surface area contributed by atoms with Crippen molar-refractivity contribution in [2.24, 2.45) is 0 Å². The zero-order chi connectivity index (χ0) is 13.7. The van der Waals surface area contributed by atoms with E-state index < -0.39 is 11.6 Å². The van der Waals surface area contributed by atoms with E-state index in [0.717, 1.165) is 25.7 Å². The lowest BCUT2D eigenvalue weighted by Crippen LogP contribution is -2.41. The van der Waals surface area contributed by atoms with Gasteiger partial charge in [-0.3, -0.25) is 0 Å². The van der Waals surface area contributed by atoms with Gasteiger partial charge in [0.2, 0.25) is 0 Å². The molecule has 1 unspecified atom stereocenters. The molecular formula is C15H22F2N2. The highest BCUT2D eigenvalue weighted by Gasteiger charge is 2.14. The topological polar surface area (TPSA) is 15.3 Å². The fraction of sp³-hybridized carbons (Fsp3) is 0.600. The van der Waals surface area contributed by atoms with Gasteiger partial charge in [-0.05, 0) is 38.9 Å². The second kappa shape index (κ2) is 6.96. The first kappa shape index (κ1) is 14.4. The van der Waals surface area contributed by atoms with Crippen LogP contribution in [0.15, 0.2) is 18.2 Å². The van der Waals surface area contributed by atoms with E-state index in [1.165, 1.54) is 19.3 Å². The molecule has 1 aliphatic heterocycles. The Hall–Kier alpha value is -1.00. The highest BCUT2D eigenvalue weighted by molar-refractivity contribution is 5.18. The Bertz CT molecular complexity index is 403. The maximum atomic E-state index is 13.5. The van der Waals surface area contributed by atoms with E-state index in [9.17, 15) is 8.78 Å². The molecule has 0 saturated carbocycles. The second-order valence-corrected chi connectivity index (χ2v) is 5.36. The molecule has 0 radical (unpaired) electrons. The number of hydrogen-bond donors (Lipinski definition) is 1. The van der Waals surface area contributed by atoms with Crippen LogP contribution in [0.5, 0.6) is 0 Å². The summed E-state index contributed by atoms with van der Waals surface area (Å²) in [5, 5.41) is 3.27. The van der Waals surface area contributed by atoms with Gasteiger partial charge in [0.05, 0.1) is 0 Å². The number of nitrogens with zero attached hydrogens (tertiary/aromatic N) is 1. The van der Waals surface area contributed by atoms with E-state index in [2.05, 4.69) is 17.1 Å². The highest BCUT2D eigenvalue weighted by atomic mass is 19.2. The van der Waals surface area contributed by atoms with E-state index in [1.54, 1.807) is 12.1 Å². The minimum Gasteiger partial charge on any atom is -0.309 e. The Labute approximate surface area is 113 Å². The minimum atomic E-state index is -0.775. The van der Waals surface area contributed by atoms with Crippen LogP contribution in [0.2, 0.25) is 0 Å². The predicted octanol–water partition coefficient (Wildman–Crippen LogP) is 2.93. The predicted molar refractivity (Wildman–Crippen MR) is 73.0 cm³/mol. The van der Waals surface area contributed by atoms with E-state index in [1.807, 2.05) is 0 Å². The summed E-state index contributed by atoms with van der Waals surface area (Å²) in [6, 6.07) is 4.60. The van der Waals surface area contributed by atoms with Crippen molar-refractivity contribution in [3.63, 3.8) is 0 Å². The molecule has 1 fully saturated rings. The van der Waals surface area contributed by atoms with Crippen LogP contribution in [0.1, 0.15) is 31.7 Å². The number of piperidine rings is 1. The van der Waals surface area contributed by atoms with Gasteiger partial charge in [-0.15, -0.1) is 0 Å². The third kappa shape index (κ3) is 4.25. The van der Waals surface area contributed by atoms with Crippen LogP contribution in [0.4, 0.5) is 8.78 Å². The third-order valence-electron chi connectivity index (χ3n) is 3.65. The molecule has 2 nitrogen and oxygen atoms in total. The lowest BCUT2D eigenvalue weighted by molar-refractivity contribution is 0.208. The molecule has 19 heavy (non-hydrogen) atoms. The fourth-order valence-electron chi connectivity index (χ4n) is 2.56. The first-order valence-corrected chi connectivity index (χ1v) is 7.05. The summed E-state index contributed by atoms with van der Waals surface area (Å²) in [6.45, 7) is 5.74. The van der Waals surface area contributed by atoms with Gasteiger partial charge in [0.1, 0.15) is 0 Å². The summed E-state index contributed by atoms with van der Waals surface area (Å²) in [5.41, 5.74) is 0.394. The molecule has 4 heteroatoms. The Morgan fingerprint density at radius 1 is 1.21 bits per heavy atom. The third-order valence-corrected chi connectivity index (χ3v) is 3.65. The van der Waals surface area contributed by atoms with Gasteiger partial charge in [0.15, 0.2) is 11.6 Å². The van der Waals surface area contributed by atoms with E-state index in [-0.39, 0.29) is 6.04 Å². The highest BCUT2D eigenvalue weighted by Crippen LogP contribution is 2.12. The quantitative estimate of drug-likeness (QED) is 0.883. The average Bonchev–Trinajstić information content (AvgIpc) is 2.42. The van der Waals surface area contributed by atoms with Crippen molar-refractivity contribution in [3.8, 4) is 0 Å². The molecule has 1 N–H and O–H groups in total. The lowest BCUT2D eigenvalue weighted by atomic mass is 10.1. The van der Waals surface area contributed by atoms with Crippen molar-refractivity contribution in [2.75, 3.05) is 19.6 Å². The van der Waals surface area contributed by atoms with Gasteiger partial charge in [-0.2, -0.15) is 0 Å². The van der Waals surface area contributed by atoms with Crippen molar-refractivity contribution in [2.45, 2.75) is 38.8 Å². The zero-order valence-corrected chi connectivity index (χ0v) is 11.5. The van der Waals surface area contributed by atoms with Gasteiger partial charge in [-0.1, -0.05) is 18.6 Å². The molecule has 1 aliphatic rings. The molecule has 2 rings (SSSR count). The van der Waals surface area contributed by atoms with Crippen molar-refractivity contribution in [1.82, 2.24) is 10.2 Å². The first-order valence-electron chi connectivity index (χ1n) is 7.05. The summed E-state index contributed by atoms with van der Waals surface area (Å²) in [6.07, 6.45) is 3.86. The van der Waals surface area contributed by atoms with Crippen LogP contribution in [0.25, 0.3) is 0 Å². The number of hydrogen-bond acceptors (Lipinski definition) is 2. The van der Waals surface area contributed by atoms with Crippen LogP contribution in [0, 0.1) is 11.6 Å². The number of nitrogens with one attached hydrogen (secondary N) is 1. The van der Waals surface area contributed by atoms with Crippen LogP contribution < -0.4 is 5.32 Å². The van der Waals surface area contributed by atoms with Crippen molar-refractivity contribution in [1.29, 1.82) is 0 Å². The van der Waals surface area contributed by atoms with E-state index >= 15 is 0 Å². The Morgan fingerprint density at radius 3 is 2.68 bits per heavy atom. The van der Waals surface area contributed by atoms with Crippen molar-refractivity contribution in [3.05, 3.63) is 35.4 Å². The zero-order valence-electron chi connectivity index (χ0n) is 11.5. The van der Waals surface area contributed by atoms with Gasteiger partial charge in [-0.25, -0.2) is 8.78 Å². The van der Waals surface area contributed by atoms with E-state index in [4.69, 9.17) is 0 Å². The van der Waals surface area contributed by atoms with Crippen LogP contribution in [0.3, 0.4) is 0 Å². The average molecular weight is 268 g/mol. The molecule has 0 amide bonds. The first-order chi connectivity index (χ1) is 9.16. The normalized spacial score (nSPS) is 18.5. The fourth-order valence-corrected chi connectivity index (χ4v) is 2.56. The van der Waals surface area contributed by atoms with Gasteiger partial charge in [0, 0.05) is 24.7 Å². The monoisotopic (exact) mass is 268 g/mol. The van der Waals surface area contributed by atoms with Crippen molar-refractivity contribution >= 4 is 0 Å². The molecule has 0 aliphatic carbocycles. The maximum absolute atomic E-state index is 13.5. The molecule has 1 heterocycles. The standard InChI is InChI=1S/C15H22F2N2/c1-12(11-19-8-3-2-4-9-19)18-10-13-6-5-7-14(16)15(13)17/h5-7,12,18H,2-4,8-11H2,1H3. The summed E-state index contributed by atoms with van der Waals surface area (Å²) in [4.78, 5) is 2.43. The van der Waals surface area contributed by atoms with Gasteiger partial charge < -0.3 is 10.2 Å². The van der Waals surface area contributed by atoms with Gasteiger partial charge in [0.25, 0.3) is 0 Å².